The van der Waals surface area contributed by atoms with Gasteiger partial charge in [-0.15, -0.1) is 0 Å². The molecule has 0 spiro atoms. The Labute approximate surface area is 112 Å². The van der Waals surface area contributed by atoms with E-state index in [4.69, 9.17) is 9.15 Å². The van der Waals surface area contributed by atoms with Crippen molar-refractivity contribution in [3.63, 3.8) is 0 Å². The fourth-order valence-electron chi connectivity index (χ4n) is 2.80. The number of furan rings is 1. The number of hydrogen-bond acceptors (Lipinski definition) is 4. The van der Waals surface area contributed by atoms with Gasteiger partial charge in [0.1, 0.15) is 5.76 Å². The molecule has 0 bridgehead atoms. The van der Waals surface area contributed by atoms with E-state index in [9.17, 15) is 0 Å². The Morgan fingerprint density at radius 2 is 2.42 bits per heavy atom. The Kier molecular flexibility index (Phi) is 3.40. The normalized spacial score (nSPS) is 19.6. The highest BCUT2D eigenvalue weighted by molar-refractivity contribution is 5.24. The maximum absolute atomic E-state index is 5.43. The first-order valence-electron chi connectivity index (χ1n) is 6.52. The molecule has 1 aliphatic rings. The molecule has 0 N–H and O–H groups in total. The second-order valence-electron chi connectivity index (χ2n) is 5.11. The molecule has 19 heavy (non-hydrogen) atoms. The molecule has 3 heterocycles. The lowest BCUT2D eigenvalue weighted by molar-refractivity contribution is 0.130. The van der Waals surface area contributed by atoms with Crippen LogP contribution >= 0.6 is 0 Å². The summed E-state index contributed by atoms with van der Waals surface area (Å²) in [6.07, 6.45) is 3.83. The van der Waals surface area contributed by atoms with E-state index in [-0.39, 0.29) is 0 Å². The standard InChI is InChI=1S/C14H19N3O2/c1-16-6-11-7-17(9-13-4-3-5-19-13)8-12(10-18-2)14(11)15-16/h3-6,12H,7-10H2,1-2H3. The van der Waals surface area contributed by atoms with Crippen LogP contribution in [0.25, 0.3) is 0 Å². The highest BCUT2D eigenvalue weighted by Crippen LogP contribution is 2.28. The van der Waals surface area contributed by atoms with Crippen molar-refractivity contribution in [3.8, 4) is 0 Å². The van der Waals surface area contributed by atoms with Crippen LogP contribution in [0.5, 0.6) is 0 Å². The molecule has 0 amide bonds. The third kappa shape index (κ3) is 2.57. The number of aryl methyl sites for hydroxylation is 1. The van der Waals surface area contributed by atoms with E-state index in [2.05, 4.69) is 16.2 Å². The molecule has 0 aromatic carbocycles. The average molecular weight is 261 g/mol. The molecular formula is C14H19N3O2. The van der Waals surface area contributed by atoms with Crippen molar-refractivity contribution >= 4 is 0 Å². The van der Waals surface area contributed by atoms with Crippen molar-refractivity contribution < 1.29 is 9.15 Å². The van der Waals surface area contributed by atoms with Gasteiger partial charge in [-0.3, -0.25) is 9.58 Å². The predicted octanol–water partition coefficient (Wildman–Crippen LogP) is 1.76. The van der Waals surface area contributed by atoms with E-state index < -0.39 is 0 Å². The van der Waals surface area contributed by atoms with Gasteiger partial charge in [-0.2, -0.15) is 5.10 Å². The van der Waals surface area contributed by atoms with Crippen LogP contribution in [-0.4, -0.2) is 34.9 Å². The summed E-state index contributed by atoms with van der Waals surface area (Å²) in [7, 11) is 3.72. The molecule has 0 radical (unpaired) electrons. The maximum Gasteiger partial charge on any atom is 0.117 e. The van der Waals surface area contributed by atoms with Crippen LogP contribution in [0.3, 0.4) is 0 Å². The third-order valence-corrected chi connectivity index (χ3v) is 3.52. The lowest BCUT2D eigenvalue weighted by Crippen LogP contribution is -2.34. The Morgan fingerprint density at radius 3 is 3.16 bits per heavy atom. The van der Waals surface area contributed by atoms with E-state index in [0.29, 0.717) is 12.5 Å². The summed E-state index contributed by atoms with van der Waals surface area (Å²) in [6.45, 7) is 3.42. The zero-order chi connectivity index (χ0) is 13.2. The summed E-state index contributed by atoms with van der Waals surface area (Å²) in [6, 6.07) is 3.95. The van der Waals surface area contributed by atoms with Gasteiger partial charge < -0.3 is 9.15 Å². The molecule has 102 valence electrons. The molecule has 2 aromatic heterocycles. The molecule has 1 aliphatic heterocycles. The third-order valence-electron chi connectivity index (χ3n) is 3.52. The Balaban J connectivity index is 1.79. The van der Waals surface area contributed by atoms with Gasteiger partial charge in [0.05, 0.1) is 25.1 Å². The largest absolute Gasteiger partial charge is 0.468 e. The quantitative estimate of drug-likeness (QED) is 0.841. The fraction of sp³-hybridized carbons (Fsp3) is 0.500. The smallest absolute Gasteiger partial charge is 0.117 e. The monoisotopic (exact) mass is 261 g/mol. The van der Waals surface area contributed by atoms with Crippen LogP contribution in [-0.2, 0) is 24.9 Å². The Hall–Kier alpha value is -1.59. The lowest BCUT2D eigenvalue weighted by Gasteiger charge is -2.30. The first kappa shape index (κ1) is 12.4. The van der Waals surface area contributed by atoms with Crippen LogP contribution in [0.15, 0.2) is 29.0 Å². The number of fused-ring (bicyclic) bond motifs is 1. The summed E-state index contributed by atoms with van der Waals surface area (Å²) in [5.41, 5.74) is 2.47. The SMILES string of the molecule is COCC1CN(Cc2ccco2)Cc2cn(C)nc21. The van der Waals surface area contributed by atoms with Crippen molar-refractivity contribution in [2.75, 3.05) is 20.3 Å². The van der Waals surface area contributed by atoms with Gasteiger partial charge >= 0.3 is 0 Å². The minimum absolute atomic E-state index is 0.338. The van der Waals surface area contributed by atoms with Crippen molar-refractivity contribution in [2.24, 2.45) is 7.05 Å². The number of aromatic nitrogens is 2. The van der Waals surface area contributed by atoms with Crippen LogP contribution in [0.4, 0.5) is 0 Å². The number of rotatable bonds is 4. The molecule has 0 fully saturated rings. The second kappa shape index (κ2) is 5.19. The summed E-state index contributed by atoms with van der Waals surface area (Å²) in [5.74, 6) is 1.34. The summed E-state index contributed by atoms with van der Waals surface area (Å²) < 4.78 is 12.7. The Bertz CT molecular complexity index is 533. The fourth-order valence-corrected chi connectivity index (χ4v) is 2.80. The zero-order valence-corrected chi connectivity index (χ0v) is 11.4. The number of nitrogens with zero attached hydrogens (tertiary/aromatic N) is 3. The van der Waals surface area contributed by atoms with Gasteiger partial charge in [-0.25, -0.2) is 0 Å². The molecule has 5 heteroatoms. The number of hydrogen-bond donors (Lipinski definition) is 0. The molecule has 3 rings (SSSR count). The summed E-state index contributed by atoms with van der Waals surface area (Å²) in [4.78, 5) is 2.38. The van der Waals surface area contributed by atoms with Crippen molar-refractivity contribution in [3.05, 3.63) is 41.6 Å². The maximum atomic E-state index is 5.43. The van der Waals surface area contributed by atoms with E-state index >= 15 is 0 Å². The summed E-state index contributed by atoms with van der Waals surface area (Å²) in [5, 5.41) is 4.57. The minimum Gasteiger partial charge on any atom is -0.468 e. The van der Waals surface area contributed by atoms with E-state index in [1.165, 1.54) is 11.3 Å². The molecule has 1 unspecified atom stereocenters. The summed E-state index contributed by atoms with van der Waals surface area (Å²) >= 11 is 0. The first-order valence-corrected chi connectivity index (χ1v) is 6.52. The van der Waals surface area contributed by atoms with E-state index in [0.717, 1.165) is 25.4 Å². The molecule has 0 saturated carbocycles. The highest BCUT2D eigenvalue weighted by Gasteiger charge is 2.28. The molecule has 0 aliphatic carbocycles. The van der Waals surface area contributed by atoms with Gasteiger partial charge in [0.15, 0.2) is 0 Å². The predicted molar refractivity (Wildman–Crippen MR) is 70.6 cm³/mol. The molecule has 2 aromatic rings. The van der Waals surface area contributed by atoms with Crippen LogP contribution in [0.1, 0.15) is 22.9 Å². The van der Waals surface area contributed by atoms with Crippen LogP contribution in [0, 0.1) is 0 Å². The molecule has 1 atom stereocenters. The van der Waals surface area contributed by atoms with Gasteiger partial charge in [-0.1, -0.05) is 0 Å². The minimum atomic E-state index is 0.338. The molecule has 0 saturated heterocycles. The van der Waals surface area contributed by atoms with Crippen LogP contribution in [0.2, 0.25) is 0 Å². The molecule has 5 nitrogen and oxygen atoms in total. The van der Waals surface area contributed by atoms with Gasteiger partial charge in [0.2, 0.25) is 0 Å². The van der Waals surface area contributed by atoms with E-state index in [1.54, 1.807) is 13.4 Å². The van der Waals surface area contributed by atoms with Crippen molar-refractivity contribution in [1.29, 1.82) is 0 Å². The average Bonchev–Trinajstić information content (AvgIpc) is 2.98. The number of ether oxygens (including phenoxy) is 1. The van der Waals surface area contributed by atoms with Gasteiger partial charge in [0.25, 0.3) is 0 Å². The van der Waals surface area contributed by atoms with Gasteiger partial charge in [-0.05, 0) is 12.1 Å². The molecular weight excluding hydrogens is 242 g/mol. The van der Waals surface area contributed by atoms with Crippen molar-refractivity contribution in [2.45, 2.75) is 19.0 Å². The number of methoxy groups -OCH3 is 1. The van der Waals surface area contributed by atoms with Crippen LogP contribution < -0.4 is 0 Å². The topological polar surface area (TPSA) is 43.4 Å². The zero-order valence-electron chi connectivity index (χ0n) is 11.4. The van der Waals surface area contributed by atoms with E-state index in [1.807, 2.05) is 23.9 Å². The second-order valence-corrected chi connectivity index (χ2v) is 5.11. The lowest BCUT2D eigenvalue weighted by atomic mass is 9.97. The first-order chi connectivity index (χ1) is 9.26. The van der Waals surface area contributed by atoms with Gasteiger partial charge in [0, 0.05) is 44.9 Å². The Morgan fingerprint density at radius 1 is 1.53 bits per heavy atom. The van der Waals surface area contributed by atoms with Crippen molar-refractivity contribution in [1.82, 2.24) is 14.7 Å². The highest BCUT2D eigenvalue weighted by atomic mass is 16.5.